The van der Waals surface area contributed by atoms with Crippen molar-refractivity contribution in [2.75, 3.05) is 6.61 Å². The van der Waals surface area contributed by atoms with Crippen LogP contribution in [-0.2, 0) is 9.53 Å². The van der Waals surface area contributed by atoms with Gasteiger partial charge in [-0.1, -0.05) is 37.1 Å². The summed E-state index contributed by atoms with van der Waals surface area (Å²) in [5.41, 5.74) is 1.19. The Kier molecular flexibility index (Phi) is 4.06. The zero-order valence-electron chi connectivity index (χ0n) is 9.99. The van der Waals surface area contributed by atoms with Crippen LogP contribution in [-0.4, -0.2) is 12.6 Å². The van der Waals surface area contributed by atoms with E-state index in [0.29, 0.717) is 12.5 Å². The summed E-state index contributed by atoms with van der Waals surface area (Å²) in [4.78, 5) is 11.7. The molecule has 0 saturated heterocycles. The van der Waals surface area contributed by atoms with Crippen molar-refractivity contribution in [2.24, 2.45) is 5.92 Å². The van der Waals surface area contributed by atoms with E-state index in [0.717, 1.165) is 24.3 Å². The number of benzene rings is 1. The van der Waals surface area contributed by atoms with E-state index in [1.807, 2.05) is 24.3 Å². The van der Waals surface area contributed by atoms with Crippen LogP contribution in [0.5, 0.6) is 0 Å². The first-order valence-corrected chi connectivity index (χ1v) is 6.52. The fourth-order valence-electron chi connectivity index (χ4n) is 1.96. The van der Waals surface area contributed by atoms with E-state index in [1.165, 1.54) is 5.56 Å². The molecule has 0 aromatic heterocycles. The number of hydrogen-bond donors (Lipinski definition) is 0. The van der Waals surface area contributed by atoms with E-state index in [2.05, 4.69) is 6.92 Å². The van der Waals surface area contributed by atoms with Crippen LogP contribution in [0.1, 0.15) is 37.7 Å². The smallest absolute Gasteiger partial charge is 0.309 e. The molecule has 0 amide bonds. The Morgan fingerprint density at radius 3 is 2.76 bits per heavy atom. The third-order valence-corrected chi connectivity index (χ3v) is 3.39. The van der Waals surface area contributed by atoms with E-state index < -0.39 is 0 Å². The van der Waals surface area contributed by atoms with Gasteiger partial charge in [-0.25, -0.2) is 0 Å². The van der Waals surface area contributed by atoms with E-state index >= 15 is 0 Å². The Morgan fingerprint density at radius 2 is 2.12 bits per heavy atom. The monoisotopic (exact) mass is 252 g/mol. The molecular weight excluding hydrogens is 236 g/mol. The highest BCUT2D eigenvalue weighted by atomic mass is 35.5. The maximum atomic E-state index is 11.7. The summed E-state index contributed by atoms with van der Waals surface area (Å²) in [6, 6.07) is 7.72. The molecular formula is C14H17ClO2. The van der Waals surface area contributed by atoms with Crippen molar-refractivity contribution < 1.29 is 9.53 Å². The molecule has 0 aliphatic heterocycles. The Hall–Kier alpha value is -1.02. The van der Waals surface area contributed by atoms with Gasteiger partial charge >= 0.3 is 5.97 Å². The molecule has 0 N–H and O–H groups in total. The number of esters is 1. The molecule has 1 aromatic carbocycles. The van der Waals surface area contributed by atoms with Crippen molar-refractivity contribution in [3.8, 4) is 0 Å². The molecule has 92 valence electrons. The summed E-state index contributed by atoms with van der Waals surface area (Å²) < 4.78 is 5.22. The number of halogens is 1. The van der Waals surface area contributed by atoms with Gasteiger partial charge in [0.05, 0.1) is 12.5 Å². The Morgan fingerprint density at radius 1 is 1.41 bits per heavy atom. The van der Waals surface area contributed by atoms with Gasteiger partial charge in [0.15, 0.2) is 0 Å². The molecule has 1 aliphatic carbocycles. The lowest BCUT2D eigenvalue weighted by Gasteiger charge is -2.03. The van der Waals surface area contributed by atoms with Crippen LogP contribution in [0.3, 0.4) is 0 Å². The minimum Gasteiger partial charge on any atom is -0.465 e. The zero-order chi connectivity index (χ0) is 12.3. The highest BCUT2D eigenvalue weighted by Crippen LogP contribution is 2.48. The van der Waals surface area contributed by atoms with Crippen molar-refractivity contribution >= 4 is 17.6 Å². The number of hydrogen-bond acceptors (Lipinski definition) is 2. The third-order valence-electron chi connectivity index (χ3n) is 3.13. The Bertz CT molecular complexity index is 386. The number of unbranched alkanes of at least 4 members (excludes halogenated alkanes) is 1. The first-order valence-electron chi connectivity index (χ1n) is 6.14. The summed E-state index contributed by atoms with van der Waals surface area (Å²) >= 11 is 5.83. The molecule has 0 spiro atoms. The van der Waals surface area contributed by atoms with Crippen LogP contribution in [0.25, 0.3) is 0 Å². The minimum absolute atomic E-state index is 0.0431. The van der Waals surface area contributed by atoms with Gasteiger partial charge in [-0.3, -0.25) is 4.79 Å². The lowest BCUT2D eigenvalue weighted by Crippen LogP contribution is -2.08. The number of ether oxygens (including phenoxy) is 1. The fourth-order valence-corrected chi connectivity index (χ4v) is 2.08. The maximum Gasteiger partial charge on any atom is 0.309 e. The number of carbonyl (C=O) groups is 1. The van der Waals surface area contributed by atoms with Crippen LogP contribution >= 0.6 is 11.6 Å². The molecule has 1 aromatic rings. The minimum atomic E-state index is -0.0431. The van der Waals surface area contributed by atoms with E-state index in [9.17, 15) is 4.79 Å². The van der Waals surface area contributed by atoms with Gasteiger partial charge in [0.25, 0.3) is 0 Å². The second-order valence-corrected chi connectivity index (χ2v) is 4.96. The SMILES string of the molecule is CCCCOC(=O)[C@@H]1C[C@@H]1c1ccc(Cl)cc1. The molecule has 0 unspecified atom stereocenters. The summed E-state index contributed by atoms with van der Waals surface area (Å²) in [5.74, 6) is 0.354. The van der Waals surface area contributed by atoms with Crippen molar-refractivity contribution in [3.63, 3.8) is 0 Å². The standard InChI is InChI=1S/C14H17ClO2/c1-2-3-8-17-14(16)13-9-12(13)10-4-6-11(15)7-5-10/h4-7,12-13H,2-3,8-9H2,1H3/t12-,13-/m1/s1. The molecule has 2 atom stereocenters. The molecule has 17 heavy (non-hydrogen) atoms. The lowest BCUT2D eigenvalue weighted by atomic mass is 10.1. The van der Waals surface area contributed by atoms with Gasteiger partial charge in [0.2, 0.25) is 0 Å². The molecule has 1 saturated carbocycles. The van der Waals surface area contributed by atoms with Crippen LogP contribution in [0.4, 0.5) is 0 Å². The molecule has 3 heteroatoms. The highest BCUT2D eigenvalue weighted by Gasteiger charge is 2.45. The van der Waals surface area contributed by atoms with Crippen LogP contribution in [0.2, 0.25) is 5.02 Å². The summed E-state index contributed by atoms with van der Waals surface area (Å²) in [5, 5.41) is 0.733. The number of carbonyl (C=O) groups excluding carboxylic acids is 1. The van der Waals surface area contributed by atoms with Gasteiger partial charge in [-0.15, -0.1) is 0 Å². The van der Waals surface area contributed by atoms with Gasteiger partial charge in [-0.2, -0.15) is 0 Å². The van der Waals surface area contributed by atoms with Gasteiger partial charge in [0.1, 0.15) is 0 Å². The first kappa shape index (κ1) is 12.4. The quantitative estimate of drug-likeness (QED) is 0.589. The Labute approximate surface area is 107 Å². The van der Waals surface area contributed by atoms with Gasteiger partial charge in [-0.05, 0) is 36.5 Å². The average molecular weight is 253 g/mol. The average Bonchev–Trinajstić information content (AvgIpc) is 3.10. The second-order valence-electron chi connectivity index (χ2n) is 4.52. The Balaban J connectivity index is 1.83. The van der Waals surface area contributed by atoms with E-state index in [-0.39, 0.29) is 11.9 Å². The van der Waals surface area contributed by atoms with Crippen LogP contribution in [0.15, 0.2) is 24.3 Å². The lowest BCUT2D eigenvalue weighted by molar-refractivity contribution is -0.145. The van der Waals surface area contributed by atoms with E-state index in [1.54, 1.807) is 0 Å². The van der Waals surface area contributed by atoms with Gasteiger partial charge < -0.3 is 4.74 Å². The van der Waals surface area contributed by atoms with Crippen LogP contribution in [0, 0.1) is 5.92 Å². The molecule has 2 rings (SSSR count). The largest absolute Gasteiger partial charge is 0.465 e. The number of rotatable bonds is 5. The molecule has 0 bridgehead atoms. The van der Waals surface area contributed by atoms with Crippen LogP contribution < -0.4 is 0 Å². The molecule has 2 nitrogen and oxygen atoms in total. The first-order chi connectivity index (χ1) is 8.22. The molecule has 1 fully saturated rings. The second kappa shape index (κ2) is 5.54. The summed E-state index contributed by atoms with van der Waals surface area (Å²) in [6.45, 7) is 2.64. The fraction of sp³-hybridized carbons (Fsp3) is 0.500. The zero-order valence-corrected chi connectivity index (χ0v) is 10.7. The third kappa shape index (κ3) is 3.22. The van der Waals surface area contributed by atoms with Gasteiger partial charge in [0, 0.05) is 5.02 Å². The normalized spacial score (nSPS) is 22.2. The predicted molar refractivity (Wildman–Crippen MR) is 68.2 cm³/mol. The summed E-state index contributed by atoms with van der Waals surface area (Å²) in [7, 11) is 0. The molecule has 0 heterocycles. The maximum absolute atomic E-state index is 11.7. The van der Waals surface area contributed by atoms with Crippen molar-refractivity contribution in [3.05, 3.63) is 34.9 Å². The molecule has 0 radical (unpaired) electrons. The van der Waals surface area contributed by atoms with Crippen molar-refractivity contribution in [2.45, 2.75) is 32.1 Å². The predicted octanol–water partition coefficient (Wildman–Crippen LogP) is 3.79. The molecule has 1 aliphatic rings. The topological polar surface area (TPSA) is 26.3 Å². The summed E-state index contributed by atoms with van der Waals surface area (Å²) in [6.07, 6.45) is 2.91. The van der Waals surface area contributed by atoms with E-state index in [4.69, 9.17) is 16.3 Å². The van der Waals surface area contributed by atoms with Crippen molar-refractivity contribution in [1.29, 1.82) is 0 Å². The van der Waals surface area contributed by atoms with Crippen molar-refractivity contribution in [1.82, 2.24) is 0 Å². The highest BCUT2D eigenvalue weighted by molar-refractivity contribution is 6.30.